The predicted octanol–water partition coefficient (Wildman–Crippen LogP) is 4.89. The molecule has 136 valence electrons. The SMILES string of the molecule is CC(C)C[C@H](C)N(C(=O)COC1CCCC1)c1ccc2[nH]ccc2c1. The number of amides is 1. The molecule has 1 aromatic carbocycles. The van der Waals surface area contributed by atoms with E-state index in [1.54, 1.807) is 0 Å². The van der Waals surface area contributed by atoms with Gasteiger partial charge in [0.2, 0.25) is 0 Å². The zero-order valence-corrected chi connectivity index (χ0v) is 15.6. The van der Waals surface area contributed by atoms with Gasteiger partial charge >= 0.3 is 0 Å². The van der Waals surface area contributed by atoms with Crippen molar-refractivity contribution in [1.29, 1.82) is 0 Å². The molecule has 0 unspecified atom stereocenters. The normalized spacial score (nSPS) is 16.6. The highest BCUT2D eigenvalue weighted by Gasteiger charge is 2.25. The first-order chi connectivity index (χ1) is 12.0. The second kappa shape index (κ2) is 8.05. The summed E-state index contributed by atoms with van der Waals surface area (Å²) in [6.45, 7) is 6.71. The lowest BCUT2D eigenvalue weighted by Gasteiger charge is -2.31. The Morgan fingerprint density at radius 2 is 2.00 bits per heavy atom. The van der Waals surface area contributed by atoms with E-state index >= 15 is 0 Å². The highest BCUT2D eigenvalue weighted by molar-refractivity contribution is 5.97. The van der Waals surface area contributed by atoms with Crippen LogP contribution in [0.5, 0.6) is 0 Å². The number of aromatic nitrogens is 1. The van der Waals surface area contributed by atoms with E-state index in [0.29, 0.717) is 5.92 Å². The molecule has 4 nitrogen and oxygen atoms in total. The second-order valence-corrected chi connectivity index (χ2v) is 7.71. The van der Waals surface area contributed by atoms with E-state index in [1.807, 2.05) is 29.3 Å². The van der Waals surface area contributed by atoms with Crippen molar-refractivity contribution in [2.45, 2.75) is 65.0 Å². The van der Waals surface area contributed by atoms with Crippen molar-refractivity contribution in [3.05, 3.63) is 30.5 Å². The van der Waals surface area contributed by atoms with Gasteiger partial charge in [-0.1, -0.05) is 26.7 Å². The maximum atomic E-state index is 13.0. The highest BCUT2D eigenvalue weighted by atomic mass is 16.5. The Kier molecular flexibility index (Phi) is 5.79. The largest absolute Gasteiger partial charge is 0.368 e. The fourth-order valence-electron chi connectivity index (χ4n) is 3.94. The molecule has 0 aliphatic heterocycles. The van der Waals surface area contributed by atoms with E-state index in [0.717, 1.165) is 35.9 Å². The van der Waals surface area contributed by atoms with Crippen LogP contribution in [0.3, 0.4) is 0 Å². The van der Waals surface area contributed by atoms with Crippen LogP contribution in [0.1, 0.15) is 52.9 Å². The van der Waals surface area contributed by atoms with Crippen molar-refractivity contribution >= 4 is 22.5 Å². The molecule has 1 saturated carbocycles. The van der Waals surface area contributed by atoms with E-state index < -0.39 is 0 Å². The fourth-order valence-corrected chi connectivity index (χ4v) is 3.94. The number of carbonyl (C=O) groups is 1. The fraction of sp³-hybridized carbons (Fsp3) is 0.571. The Morgan fingerprint density at radius 1 is 1.24 bits per heavy atom. The lowest BCUT2D eigenvalue weighted by atomic mass is 10.0. The molecule has 1 aliphatic carbocycles. The van der Waals surface area contributed by atoms with Gasteiger partial charge in [0, 0.05) is 28.8 Å². The molecule has 1 fully saturated rings. The maximum Gasteiger partial charge on any atom is 0.253 e. The third kappa shape index (κ3) is 4.43. The lowest BCUT2D eigenvalue weighted by molar-refractivity contribution is -0.125. The standard InChI is InChI=1S/C21H30N2O2/c1-15(2)12-16(3)23(21(24)14-25-19-6-4-5-7-19)18-8-9-20-17(13-18)10-11-22-20/h8-11,13,15-16,19,22H,4-7,12,14H2,1-3H3/t16-/m0/s1. The number of fused-ring (bicyclic) bond motifs is 1. The topological polar surface area (TPSA) is 45.3 Å². The Labute approximate surface area is 150 Å². The van der Waals surface area contributed by atoms with Crippen LogP contribution in [0.15, 0.2) is 30.5 Å². The minimum absolute atomic E-state index is 0.0648. The summed E-state index contributed by atoms with van der Waals surface area (Å²) in [5.74, 6) is 0.604. The van der Waals surface area contributed by atoms with E-state index in [2.05, 4.69) is 31.8 Å². The van der Waals surface area contributed by atoms with Gasteiger partial charge in [-0.05, 0) is 56.4 Å². The van der Waals surface area contributed by atoms with Crippen molar-refractivity contribution in [3.63, 3.8) is 0 Å². The van der Waals surface area contributed by atoms with Crippen molar-refractivity contribution in [2.24, 2.45) is 5.92 Å². The van der Waals surface area contributed by atoms with Crippen LogP contribution in [-0.4, -0.2) is 29.6 Å². The number of H-pyrrole nitrogens is 1. The molecule has 0 saturated heterocycles. The van der Waals surface area contributed by atoms with Gasteiger partial charge in [0.15, 0.2) is 0 Å². The Hall–Kier alpha value is -1.81. The van der Waals surface area contributed by atoms with Gasteiger partial charge in [0.25, 0.3) is 5.91 Å². The number of nitrogens with zero attached hydrogens (tertiary/aromatic N) is 1. The van der Waals surface area contributed by atoms with Crippen molar-refractivity contribution < 1.29 is 9.53 Å². The summed E-state index contributed by atoms with van der Waals surface area (Å²) in [6.07, 6.45) is 7.78. The number of hydrogen-bond acceptors (Lipinski definition) is 2. The molecular weight excluding hydrogens is 312 g/mol. The monoisotopic (exact) mass is 342 g/mol. The third-order valence-electron chi connectivity index (χ3n) is 5.08. The summed E-state index contributed by atoms with van der Waals surface area (Å²) in [4.78, 5) is 18.1. The van der Waals surface area contributed by atoms with E-state index in [-0.39, 0.29) is 24.7 Å². The summed E-state index contributed by atoms with van der Waals surface area (Å²) in [7, 11) is 0. The number of benzene rings is 1. The Morgan fingerprint density at radius 3 is 2.72 bits per heavy atom. The van der Waals surface area contributed by atoms with Crippen molar-refractivity contribution in [1.82, 2.24) is 4.98 Å². The van der Waals surface area contributed by atoms with Crippen LogP contribution in [-0.2, 0) is 9.53 Å². The molecule has 1 aliphatic rings. The summed E-state index contributed by atoms with van der Waals surface area (Å²) in [5.41, 5.74) is 2.05. The quantitative estimate of drug-likeness (QED) is 0.778. The number of carbonyl (C=O) groups excluding carboxylic acids is 1. The summed E-state index contributed by atoms with van der Waals surface area (Å²) in [5, 5.41) is 1.13. The van der Waals surface area contributed by atoms with E-state index in [1.165, 1.54) is 12.8 Å². The van der Waals surface area contributed by atoms with E-state index in [4.69, 9.17) is 4.74 Å². The highest BCUT2D eigenvalue weighted by Crippen LogP contribution is 2.26. The minimum Gasteiger partial charge on any atom is -0.368 e. The number of hydrogen-bond donors (Lipinski definition) is 1. The minimum atomic E-state index is 0.0648. The van der Waals surface area contributed by atoms with Gasteiger partial charge in [-0.2, -0.15) is 0 Å². The molecule has 0 radical (unpaired) electrons. The molecule has 1 aromatic heterocycles. The van der Waals surface area contributed by atoms with Crippen LogP contribution in [0.4, 0.5) is 5.69 Å². The lowest BCUT2D eigenvalue weighted by Crippen LogP contribution is -2.42. The summed E-state index contributed by atoms with van der Waals surface area (Å²) in [6, 6.07) is 8.37. The predicted molar refractivity (Wildman–Crippen MR) is 103 cm³/mol. The van der Waals surface area contributed by atoms with Gasteiger partial charge in [-0.15, -0.1) is 0 Å². The summed E-state index contributed by atoms with van der Waals surface area (Å²) >= 11 is 0. The number of rotatable bonds is 7. The van der Waals surface area contributed by atoms with Crippen LogP contribution >= 0.6 is 0 Å². The molecule has 0 bridgehead atoms. The molecule has 1 atom stereocenters. The first-order valence-corrected chi connectivity index (χ1v) is 9.55. The molecule has 25 heavy (non-hydrogen) atoms. The van der Waals surface area contributed by atoms with Gasteiger partial charge in [-0.25, -0.2) is 0 Å². The second-order valence-electron chi connectivity index (χ2n) is 7.71. The molecule has 1 heterocycles. The Bertz CT molecular complexity index is 701. The van der Waals surface area contributed by atoms with Gasteiger partial charge in [0.05, 0.1) is 6.10 Å². The van der Waals surface area contributed by atoms with Crippen LogP contribution in [0.25, 0.3) is 10.9 Å². The van der Waals surface area contributed by atoms with E-state index in [9.17, 15) is 4.79 Å². The van der Waals surface area contributed by atoms with Crippen LogP contribution in [0.2, 0.25) is 0 Å². The first-order valence-electron chi connectivity index (χ1n) is 9.55. The average molecular weight is 342 g/mol. The molecule has 1 amide bonds. The summed E-state index contributed by atoms with van der Waals surface area (Å²) < 4.78 is 5.90. The molecule has 2 aromatic rings. The number of anilines is 1. The molecule has 4 heteroatoms. The molecule has 0 spiro atoms. The third-order valence-corrected chi connectivity index (χ3v) is 5.08. The van der Waals surface area contributed by atoms with Gasteiger partial charge in [-0.3, -0.25) is 4.79 Å². The van der Waals surface area contributed by atoms with Crippen LogP contribution < -0.4 is 4.90 Å². The maximum absolute atomic E-state index is 13.0. The van der Waals surface area contributed by atoms with Gasteiger partial charge in [0.1, 0.15) is 6.61 Å². The van der Waals surface area contributed by atoms with Crippen molar-refractivity contribution in [2.75, 3.05) is 11.5 Å². The first kappa shape index (κ1) is 18.0. The number of aromatic amines is 1. The zero-order chi connectivity index (χ0) is 17.8. The number of ether oxygens (including phenoxy) is 1. The van der Waals surface area contributed by atoms with Crippen molar-refractivity contribution in [3.8, 4) is 0 Å². The molecule has 3 rings (SSSR count). The number of nitrogens with one attached hydrogen (secondary N) is 1. The average Bonchev–Trinajstić information content (AvgIpc) is 3.23. The smallest absolute Gasteiger partial charge is 0.253 e. The zero-order valence-electron chi connectivity index (χ0n) is 15.6. The van der Waals surface area contributed by atoms with Gasteiger partial charge < -0.3 is 14.6 Å². The molecular formula is C21H30N2O2. The van der Waals surface area contributed by atoms with Crippen LogP contribution in [0, 0.1) is 5.92 Å². The molecule has 1 N–H and O–H groups in total. The Balaban J connectivity index is 1.78.